The average molecular weight is 308 g/mol. The number of thiophene rings is 1. The van der Waals surface area contributed by atoms with Crippen molar-refractivity contribution in [3.63, 3.8) is 0 Å². The Kier molecular flexibility index (Phi) is 6.77. The summed E-state index contributed by atoms with van der Waals surface area (Å²) in [7, 11) is 1.84. The van der Waals surface area contributed by atoms with Gasteiger partial charge in [0.2, 0.25) is 0 Å². The first-order valence-electron chi connectivity index (χ1n) is 7.10. The second-order valence-corrected chi connectivity index (χ2v) is 6.70. The molecule has 1 aromatic heterocycles. The summed E-state index contributed by atoms with van der Waals surface area (Å²) in [5.74, 6) is 0.519. The number of hydrogen-bond donors (Lipinski definition) is 1. The Balaban J connectivity index is 3.42. The normalized spacial score (nSPS) is 14.5. The summed E-state index contributed by atoms with van der Waals surface area (Å²) >= 11 is 6.18. The Labute approximate surface area is 132 Å². The summed E-state index contributed by atoms with van der Waals surface area (Å²) in [5.41, 5.74) is 4.00. The van der Waals surface area contributed by atoms with Gasteiger partial charge in [0.1, 0.15) is 0 Å². The van der Waals surface area contributed by atoms with E-state index in [9.17, 15) is 0 Å². The Morgan fingerprint density at radius 3 is 2.60 bits per heavy atom. The van der Waals surface area contributed by atoms with Crippen LogP contribution in [0.1, 0.15) is 49.4 Å². The second-order valence-electron chi connectivity index (χ2n) is 5.02. The maximum atomic E-state index is 4.38. The van der Waals surface area contributed by atoms with Crippen molar-refractivity contribution in [2.75, 3.05) is 7.05 Å². The molecule has 0 fully saturated rings. The number of aliphatic imine (C=N–C) groups is 1. The lowest BCUT2D eigenvalue weighted by Crippen LogP contribution is -2.03. The van der Waals surface area contributed by atoms with Crippen molar-refractivity contribution in [2.45, 2.75) is 40.5 Å². The van der Waals surface area contributed by atoms with Crippen LogP contribution in [0.5, 0.6) is 0 Å². The van der Waals surface area contributed by atoms with E-state index >= 15 is 0 Å². The van der Waals surface area contributed by atoms with Crippen molar-refractivity contribution in [2.24, 2.45) is 10.9 Å². The number of rotatable bonds is 6. The van der Waals surface area contributed by atoms with Crippen LogP contribution in [0.2, 0.25) is 0 Å². The third-order valence-electron chi connectivity index (χ3n) is 3.66. The average Bonchev–Trinajstić information content (AvgIpc) is 2.87. The highest BCUT2D eigenvalue weighted by atomic mass is 32.1. The zero-order valence-corrected chi connectivity index (χ0v) is 14.9. The van der Waals surface area contributed by atoms with Crippen molar-refractivity contribution in [1.29, 1.82) is 0 Å². The summed E-state index contributed by atoms with van der Waals surface area (Å²) in [6.07, 6.45) is 4.17. The maximum Gasteiger partial charge on any atom is 0.0406 e. The monoisotopic (exact) mass is 307 g/mol. The molecule has 1 atom stereocenters. The predicted octanol–water partition coefficient (Wildman–Crippen LogP) is 5.73. The molecule has 1 heterocycles. The van der Waals surface area contributed by atoms with Gasteiger partial charge in [0.15, 0.2) is 0 Å². The molecule has 1 rings (SSSR count). The number of aryl methyl sites for hydroxylation is 1. The SMILES string of the molecule is C=C(S)c1cc(/C(C)=C(/C=N\C)C(C)CC)c(CC)s1. The maximum absolute atomic E-state index is 4.38. The molecule has 1 aromatic rings. The van der Waals surface area contributed by atoms with E-state index in [4.69, 9.17) is 0 Å². The Bertz CT molecular complexity index is 535. The first kappa shape index (κ1) is 17.3. The third-order valence-corrected chi connectivity index (χ3v) is 5.39. The van der Waals surface area contributed by atoms with Crippen molar-refractivity contribution < 1.29 is 0 Å². The lowest BCUT2D eigenvalue weighted by Gasteiger charge is -2.14. The van der Waals surface area contributed by atoms with Gasteiger partial charge in [-0.1, -0.05) is 27.4 Å². The number of hydrogen-bond acceptors (Lipinski definition) is 3. The quantitative estimate of drug-likeness (QED) is 0.509. The fraction of sp³-hybridized carbons (Fsp3) is 0.471. The van der Waals surface area contributed by atoms with Gasteiger partial charge in [0, 0.05) is 27.9 Å². The van der Waals surface area contributed by atoms with E-state index in [0.29, 0.717) is 5.92 Å². The van der Waals surface area contributed by atoms with Gasteiger partial charge in [-0.3, -0.25) is 4.99 Å². The molecule has 3 heteroatoms. The van der Waals surface area contributed by atoms with E-state index in [0.717, 1.165) is 22.6 Å². The van der Waals surface area contributed by atoms with Crippen LogP contribution in [0.15, 0.2) is 23.2 Å². The molecule has 20 heavy (non-hydrogen) atoms. The zero-order valence-electron chi connectivity index (χ0n) is 13.2. The molecular weight excluding hydrogens is 282 g/mol. The first-order chi connectivity index (χ1) is 9.46. The van der Waals surface area contributed by atoms with Crippen LogP contribution in [0.25, 0.3) is 10.5 Å². The third kappa shape index (κ3) is 3.86. The minimum atomic E-state index is 0.519. The molecule has 0 aliphatic heterocycles. The molecule has 0 spiro atoms. The molecule has 0 bridgehead atoms. The highest BCUT2D eigenvalue weighted by Gasteiger charge is 2.15. The fourth-order valence-electron chi connectivity index (χ4n) is 2.26. The summed E-state index contributed by atoms with van der Waals surface area (Å²) in [6, 6.07) is 2.22. The lowest BCUT2D eigenvalue weighted by atomic mass is 9.91. The van der Waals surface area contributed by atoms with Crippen molar-refractivity contribution >= 4 is 40.7 Å². The van der Waals surface area contributed by atoms with Gasteiger partial charge in [-0.2, -0.15) is 0 Å². The van der Waals surface area contributed by atoms with E-state index in [1.54, 1.807) is 11.3 Å². The lowest BCUT2D eigenvalue weighted by molar-refractivity contribution is 0.681. The van der Waals surface area contributed by atoms with Crippen LogP contribution in [0.4, 0.5) is 0 Å². The van der Waals surface area contributed by atoms with E-state index < -0.39 is 0 Å². The van der Waals surface area contributed by atoms with Gasteiger partial charge >= 0.3 is 0 Å². The molecule has 110 valence electrons. The molecule has 1 unspecified atom stereocenters. The van der Waals surface area contributed by atoms with Crippen LogP contribution in [0, 0.1) is 5.92 Å². The van der Waals surface area contributed by atoms with Crippen molar-refractivity contribution in [3.8, 4) is 0 Å². The van der Waals surface area contributed by atoms with Gasteiger partial charge in [-0.15, -0.1) is 24.0 Å². The van der Waals surface area contributed by atoms with Gasteiger partial charge in [0.05, 0.1) is 0 Å². The predicted molar refractivity (Wildman–Crippen MR) is 98.2 cm³/mol. The van der Waals surface area contributed by atoms with E-state index in [1.807, 2.05) is 13.3 Å². The number of thiol groups is 1. The first-order valence-corrected chi connectivity index (χ1v) is 8.36. The molecule has 0 aliphatic carbocycles. The van der Waals surface area contributed by atoms with Gasteiger partial charge < -0.3 is 0 Å². The Morgan fingerprint density at radius 2 is 2.15 bits per heavy atom. The summed E-state index contributed by atoms with van der Waals surface area (Å²) < 4.78 is 0. The van der Waals surface area contributed by atoms with Crippen LogP contribution >= 0.6 is 24.0 Å². The van der Waals surface area contributed by atoms with Crippen LogP contribution in [0.3, 0.4) is 0 Å². The summed E-state index contributed by atoms with van der Waals surface area (Å²) in [6.45, 7) is 12.8. The number of nitrogens with zero attached hydrogens (tertiary/aromatic N) is 1. The Morgan fingerprint density at radius 1 is 1.50 bits per heavy atom. The van der Waals surface area contributed by atoms with Gasteiger partial charge in [0.25, 0.3) is 0 Å². The summed E-state index contributed by atoms with van der Waals surface area (Å²) in [5, 5.41) is 0. The van der Waals surface area contributed by atoms with Crippen LogP contribution in [-0.2, 0) is 6.42 Å². The molecule has 0 aliphatic rings. The molecular formula is C17H25NS2. The molecule has 0 aromatic carbocycles. The van der Waals surface area contributed by atoms with Gasteiger partial charge in [-0.25, -0.2) is 0 Å². The summed E-state index contributed by atoms with van der Waals surface area (Å²) in [4.78, 5) is 7.65. The molecule has 0 saturated carbocycles. The Hall–Kier alpha value is -0.800. The topological polar surface area (TPSA) is 12.4 Å². The molecule has 1 nitrogen and oxygen atoms in total. The van der Waals surface area contributed by atoms with Crippen LogP contribution in [-0.4, -0.2) is 13.3 Å². The second kappa shape index (κ2) is 7.84. The van der Waals surface area contributed by atoms with E-state index in [1.165, 1.54) is 21.6 Å². The molecule has 0 saturated heterocycles. The molecule has 0 amide bonds. The largest absolute Gasteiger partial charge is 0.296 e. The highest BCUT2D eigenvalue weighted by Crippen LogP contribution is 2.35. The molecule has 0 N–H and O–H groups in total. The van der Waals surface area contributed by atoms with Crippen LogP contribution < -0.4 is 0 Å². The number of allylic oxidation sites excluding steroid dienone is 2. The molecule has 0 radical (unpaired) electrons. The highest BCUT2D eigenvalue weighted by molar-refractivity contribution is 7.90. The van der Waals surface area contributed by atoms with E-state index in [2.05, 4.69) is 58.0 Å². The minimum Gasteiger partial charge on any atom is -0.296 e. The minimum absolute atomic E-state index is 0.519. The van der Waals surface area contributed by atoms with Gasteiger partial charge in [-0.05, 0) is 48.5 Å². The van der Waals surface area contributed by atoms with Crippen molar-refractivity contribution in [3.05, 3.63) is 33.5 Å². The van der Waals surface area contributed by atoms with E-state index in [-0.39, 0.29) is 0 Å². The fourth-order valence-corrected chi connectivity index (χ4v) is 3.49. The van der Waals surface area contributed by atoms with Crippen molar-refractivity contribution in [1.82, 2.24) is 0 Å². The zero-order chi connectivity index (χ0) is 15.3. The standard InChI is InChI=1S/C17H25NS2/c1-7-11(3)15(10-18-6)12(4)14-9-17(13(5)19)20-16(14)8-2/h9-11,19H,5,7-8H2,1-4,6H3/b15-12-,18-10-. The smallest absolute Gasteiger partial charge is 0.0406 e.